The van der Waals surface area contributed by atoms with Gasteiger partial charge in [0.05, 0.1) is 19.3 Å². The molecule has 5 nitrogen and oxygen atoms in total. The summed E-state index contributed by atoms with van der Waals surface area (Å²) in [5.74, 6) is 0.564. The summed E-state index contributed by atoms with van der Waals surface area (Å²) in [4.78, 5) is 4.39. The molecule has 0 fully saturated rings. The third-order valence-electron chi connectivity index (χ3n) is 6.13. The van der Waals surface area contributed by atoms with Gasteiger partial charge >= 0.3 is 6.18 Å². The first kappa shape index (κ1) is 24.5. The Morgan fingerprint density at radius 3 is 2.74 bits per heavy atom. The van der Waals surface area contributed by atoms with Gasteiger partial charge in [0.2, 0.25) is 0 Å². The van der Waals surface area contributed by atoms with Gasteiger partial charge in [-0.1, -0.05) is 30.3 Å². The van der Waals surface area contributed by atoms with Crippen molar-refractivity contribution in [1.29, 1.82) is 0 Å². The Hall–Kier alpha value is -2.62. The molecule has 9 heteroatoms. The number of nitrogens with one attached hydrogen (secondary N) is 2. The topological polar surface area (TPSA) is 60.5 Å². The van der Waals surface area contributed by atoms with Gasteiger partial charge in [-0.2, -0.15) is 13.2 Å². The summed E-state index contributed by atoms with van der Waals surface area (Å²) in [5, 5.41) is 14.8. The monoisotopic (exact) mass is 479 g/mol. The molecule has 1 aliphatic rings. The number of alkyl halides is 4. The van der Waals surface area contributed by atoms with Gasteiger partial charge in [-0.25, -0.2) is 0 Å². The van der Waals surface area contributed by atoms with Gasteiger partial charge in [-0.05, 0) is 48.7 Å². The maximum atomic E-state index is 13.5. The van der Waals surface area contributed by atoms with Crippen LogP contribution in [-0.4, -0.2) is 60.3 Å². The second kappa shape index (κ2) is 10.3. The van der Waals surface area contributed by atoms with Crippen LogP contribution in [0.5, 0.6) is 5.75 Å². The van der Waals surface area contributed by atoms with Gasteiger partial charge in [0, 0.05) is 29.6 Å². The van der Waals surface area contributed by atoms with E-state index in [1.54, 1.807) is 12.1 Å². The van der Waals surface area contributed by atoms with Gasteiger partial charge in [0.15, 0.2) is 0 Å². The number of aryl methyl sites for hydroxylation is 1. The second-order valence-electron chi connectivity index (χ2n) is 8.60. The van der Waals surface area contributed by atoms with Crippen LogP contribution in [0.3, 0.4) is 0 Å². The molecule has 1 aliphatic heterocycles. The quantitative estimate of drug-likeness (QED) is 0.309. The number of hydrogen-bond acceptors (Lipinski definition) is 4. The van der Waals surface area contributed by atoms with Gasteiger partial charge in [0.1, 0.15) is 18.6 Å². The molecule has 3 N–H and O–H groups in total. The average molecular weight is 480 g/mol. The second-order valence-corrected chi connectivity index (χ2v) is 8.60. The highest BCUT2D eigenvalue weighted by Crippen LogP contribution is 2.42. The lowest BCUT2D eigenvalue weighted by Gasteiger charge is -2.40. The zero-order chi connectivity index (χ0) is 24.3. The van der Waals surface area contributed by atoms with Crippen LogP contribution in [0.25, 0.3) is 10.9 Å². The zero-order valence-corrected chi connectivity index (χ0v) is 19.0. The van der Waals surface area contributed by atoms with Crippen molar-refractivity contribution < 1.29 is 27.4 Å². The van der Waals surface area contributed by atoms with Crippen molar-refractivity contribution in [2.45, 2.75) is 38.2 Å². The van der Waals surface area contributed by atoms with Crippen LogP contribution in [0.15, 0.2) is 42.5 Å². The maximum Gasteiger partial charge on any atom is 0.401 e. The van der Waals surface area contributed by atoms with E-state index in [-0.39, 0.29) is 13.1 Å². The number of nitrogens with zero attached hydrogens (tertiary/aromatic N) is 1. The Labute approximate surface area is 195 Å². The Morgan fingerprint density at radius 2 is 1.97 bits per heavy atom. The number of aromatic nitrogens is 1. The van der Waals surface area contributed by atoms with Crippen LogP contribution in [0, 0.1) is 6.92 Å². The molecule has 3 aromatic rings. The highest BCUT2D eigenvalue weighted by molar-refractivity contribution is 5.85. The highest BCUT2D eigenvalue weighted by Gasteiger charge is 2.43. The lowest BCUT2D eigenvalue weighted by molar-refractivity contribution is -0.174. The lowest BCUT2D eigenvalue weighted by atomic mass is 9.90. The van der Waals surface area contributed by atoms with E-state index in [1.807, 2.05) is 37.3 Å². The Balaban J connectivity index is 1.68. The van der Waals surface area contributed by atoms with Gasteiger partial charge in [-0.15, -0.1) is 0 Å². The fraction of sp³-hybridized carbons (Fsp3) is 0.440. The van der Waals surface area contributed by atoms with Crippen LogP contribution in [-0.2, 0) is 6.42 Å². The standard InChI is InChI=1S/C25H29F4N3O2/c1-16-7-8-17(13-21(16)34-12-11-30-10-4-9-26)24-23-19(18-5-2-3-6-20(18)31-23)14-22(33)32(24)15-25(27,28)29/h2-3,5-8,13,22,24,30-31,33H,4,9-12,14-15H2,1H3/t22-,24-/m1/s1. The summed E-state index contributed by atoms with van der Waals surface area (Å²) in [6.07, 6.45) is -5.23. The number of hydrogen-bond donors (Lipinski definition) is 3. The predicted molar refractivity (Wildman–Crippen MR) is 123 cm³/mol. The molecule has 0 bridgehead atoms. The summed E-state index contributed by atoms with van der Waals surface area (Å²) in [7, 11) is 0. The number of H-pyrrole nitrogens is 1. The summed E-state index contributed by atoms with van der Waals surface area (Å²) >= 11 is 0. The smallest absolute Gasteiger partial charge is 0.401 e. The largest absolute Gasteiger partial charge is 0.492 e. The number of fused-ring (bicyclic) bond motifs is 3. The maximum absolute atomic E-state index is 13.5. The Morgan fingerprint density at radius 1 is 1.18 bits per heavy atom. The summed E-state index contributed by atoms with van der Waals surface area (Å²) in [6.45, 7) is 1.66. The number of para-hydroxylation sites is 1. The zero-order valence-electron chi connectivity index (χ0n) is 19.0. The van der Waals surface area contributed by atoms with Crippen LogP contribution in [0.4, 0.5) is 17.6 Å². The van der Waals surface area contributed by atoms with Gasteiger partial charge in [0.25, 0.3) is 0 Å². The molecule has 0 saturated heterocycles. The Bertz CT molecular complexity index is 1120. The molecule has 2 atom stereocenters. The number of aromatic amines is 1. The molecule has 0 aliphatic carbocycles. The minimum absolute atomic E-state index is 0.103. The van der Waals surface area contributed by atoms with Crippen molar-refractivity contribution in [2.24, 2.45) is 0 Å². The summed E-state index contributed by atoms with van der Waals surface area (Å²) in [5.41, 5.74) is 3.75. The molecule has 0 saturated carbocycles. The molecular formula is C25H29F4N3O2. The number of halogens is 4. The highest BCUT2D eigenvalue weighted by atomic mass is 19.4. The van der Waals surface area contributed by atoms with Crippen molar-refractivity contribution in [2.75, 3.05) is 32.9 Å². The van der Waals surface area contributed by atoms with Crippen molar-refractivity contribution in [1.82, 2.24) is 15.2 Å². The normalized spacial score (nSPS) is 18.9. The third-order valence-corrected chi connectivity index (χ3v) is 6.13. The van der Waals surface area contributed by atoms with E-state index in [9.17, 15) is 22.7 Å². The minimum atomic E-state index is -4.47. The minimum Gasteiger partial charge on any atom is -0.492 e. The fourth-order valence-electron chi connectivity index (χ4n) is 4.57. The number of rotatable bonds is 9. The van der Waals surface area contributed by atoms with Crippen molar-refractivity contribution in [3.8, 4) is 5.75 Å². The molecule has 2 heterocycles. The lowest BCUT2D eigenvalue weighted by Crippen LogP contribution is -2.48. The van der Waals surface area contributed by atoms with Gasteiger partial charge in [-0.3, -0.25) is 9.29 Å². The molecule has 34 heavy (non-hydrogen) atoms. The number of benzene rings is 2. The molecule has 1 aromatic heterocycles. The molecular weight excluding hydrogens is 450 g/mol. The first-order valence-electron chi connectivity index (χ1n) is 11.4. The Kier molecular flexibility index (Phi) is 7.45. The first-order chi connectivity index (χ1) is 16.3. The molecule has 4 rings (SSSR count). The van der Waals surface area contributed by atoms with E-state index in [0.717, 1.165) is 26.9 Å². The third kappa shape index (κ3) is 5.37. The molecule has 0 radical (unpaired) electrons. The van der Waals surface area contributed by atoms with E-state index in [1.165, 1.54) is 0 Å². The van der Waals surface area contributed by atoms with Crippen molar-refractivity contribution in [3.05, 3.63) is 64.8 Å². The van der Waals surface area contributed by atoms with E-state index in [2.05, 4.69) is 10.3 Å². The first-order valence-corrected chi connectivity index (χ1v) is 11.4. The molecule has 0 amide bonds. The number of aliphatic hydroxyl groups excluding tert-OH is 1. The number of aliphatic hydroxyl groups is 1. The average Bonchev–Trinajstić information content (AvgIpc) is 3.15. The van der Waals surface area contributed by atoms with E-state index in [4.69, 9.17) is 4.74 Å². The summed E-state index contributed by atoms with van der Waals surface area (Å²) < 4.78 is 58.6. The van der Waals surface area contributed by atoms with E-state index < -0.39 is 25.0 Å². The van der Waals surface area contributed by atoms with Crippen LogP contribution < -0.4 is 10.1 Å². The van der Waals surface area contributed by atoms with Crippen LogP contribution in [0.2, 0.25) is 0 Å². The van der Waals surface area contributed by atoms with Crippen molar-refractivity contribution >= 4 is 10.9 Å². The van der Waals surface area contributed by atoms with Gasteiger partial charge < -0.3 is 20.1 Å². The van der Waals surface area contributed by atoms with Crippen LogP contribution in [0.1, 0.15) is 34.8 Å². The fourth-order valence-corrected chi connectivity index (χ4v) is 4.57. The molecule has 2 aromatic carbocycles. The predicted octanol–water partition coefficient (Wildman–Crippen LogP) is 4.63. The van der Waals surface area contributed by atoms with Crippen molar-refractivity contribution in [3.63, 3.8) is 0 Å². The van der Waals surface area contributed by atoms with E-state index >= 15 is 0 Å². The molecule has 184 valence electrons. The SMILES string of the molecule is Cc1ccc([C@@H]2c3[nH]c4ccccc4c3C[C@@H](O)N2CC(F)(F)F)cc1OCCNCCCF. The molecule has 0 spiro atoms. The number of ether oxygens (including phenoxy) is 1. The molecule has 0 unspecified atom stereocenters. The summed E-state index contributed by atoms with van der Waals surface area (Å²) in [6, 6.07) is 12.1. The van der Waals surface area contributed by atoms with E-state index in [0.29, 0.717) is 43.1 Å². The van der Waals surface area contributed by atoms with Crippen LogP contribution >= 0.6 is 0 Å².